The lowest BCUT2D eigenvalue weighted by molar-refractivity contribution is -0.132. The number of nitrogens with zero attached hydrogens (tertiary/aromatic N) is 3. The molecule has 6 heteroatoms. The Labute approximate surface area is 156 Å². The maximum atomic E-state index is 12.6. The van der Waals surface area contributed by atoms with Crippen molar-refractivity contribution in [2.45, 2.75) is 33.1 Å². The molecule has 2 rings (SSSR count). The van der Waals surface area contributed by atoms with Gasteiger partial charge in [-0.15, -0.1) is 0 Å². The average Bonchev–Trinajstić information content (AvgIpc) is 2.87. The molecule has 0 aromatic heterocycles. The second-order valence-electron chi connectivity index (χ2n) is 6.78. The Morgan fingerprint density at radius 2 is 1.81 bits per heavy atom. The number of anilines is 1. The maximum Gasteiger partial charge on any atom is 0.236 e. The summed E-state index contributed by atoms with van der Waals surface area (Å²) in [5, 5.41) is 0. The minimum absolute atomic E-state index is 0.171. The molecule has 144 valence electrons. The van der Waals surface area contributed by atoms with Gasteiger partial charge in [0, 0.05) is 51.4 Å². The van der Waals surface area contributed by atoms with Gasteiger partial charge in [-0.1, -0.05) is 18.2 Å². The number of carbonyl (C=O) groups excluding carboxylic acids is 2. The molecule has 1 aromatic carbocycles. The van der Waals surface area contributed by atoms with Gasteiger partial charge < -0.3 is 15.5 Å². The summed E-state index contributed by atoms with van der Waals surface area (Å²) in [5.74, 6) is 0.347. The molecule has 1 fully saturated rings. The van der Waals surface area contributed by atoms with Crippen LogP contribution in [0, 0.1) is 0 Å². The van der Waals surface area contributed by atoms with E-state index < -0.39 is 0 Å². The molecule has 0 aliphatic carbocycles. The summed E-state index contributed by atoms with van der Waals surface area (Å²) < 4.78 is 0. The monoisotopic (exact) mass is 360 g/mol. The number of likely N-dealkylation sites (N-methyl/N-ethyl adjacent to an activating group) is 1. The first-order chi connectivity index (χ1) is 12.5. The highest BCUT2D eigenvalue weighted by atomic mass is 16.2. The fourth-order valence-corrected chi connectivity index (χ4v) is 3.41. The van der Waals surface area contributed by atoms with Gasteiger partial charge in [-0.25, -0.2) is 0 Å². The summed E-state index contributed by atoms with van der Waals surface area (Å²) in [7, 11) is 0. The van der Waals surface area contributed by atoms with Gasteiger partial charge in [0.1, 0.15) is 0 Å². The maximum absolute atomic E-state index is 12.6. The Morgan fingerprint density at radius 1 is 1.08 bits per heavy atom. The van der Waals surface area contributed by atoms with E-state index in [1.807, 2.05) is 47.9 Å². The summed E-state index contributed by atoms with van der Waals surface area (Å²) >= 11 is 0. The number of para-hydroxylation sites is 1. The SMILES string of the molecule is CCN(CC)C(=O)CN1CCCN(C(=O)CCc2ccccc2N)CC1. The first-order valence-electron chi connectivity index (χ1n) is 9.66. The number of hydrogen-bond acceptors (Lipinski definition) is 4. The topological polar surface area (TPSA) is 69.9 Å². The van der Waals surface area contributed by atoms with Crippen LogP contribution in [-0.4, -0.2) is 72.3 Å². The molecule has 0 unspecified atom stereocenters. The molecule has 1 aliphatic rings. The molecule has 1 aromatic rings. The minimum atomic E-state index is 0.171. The van der Waals surface area contributed by atoms with Crippen molar-refractivity contribution in [3.63, 3.8) is 0 Å². The Bertz CT molecular complexity index is 601. The summed E-state index contributed by atoms with van der Waals surface area (Å²) in [6.07, 6.45) is 2.06. The van der Waals surface area contributed by atoms with Crippen LogP contribution in [0.5, 0.6) is 0 Å². The second-order valence-corrected chi connectivity index (χ2v) is 6.78. The van der Waals surface area contributed by atoms with Gasteiger partial charge in [0.25, 0.3) is 0 Å². The molecule has 2 N–H and O–H groups in total. The quantitative estimate of drug-likeness (QED) is 0.750. The van der Waals surface area contributed by atoms with E-state index in [2.05, 4.69) is 4.90 Å². The molecular weight excluding hydrogens is 328 g/mol. The van der Waals surface area contributed by atoms with E-state index in [9.17, 15) is 9.59 Å². The van der Waals surface area contributed by atoms with E-state index in [0.717, 1.165) is 50.4 Å². The minimum Gasteiger partial charge on any atom is -0.399 e. The van der Waals surface area contributed by atoms with Crippen LogP contribution in [0.15, 0.2) is 24.3 Å². The molecule has 2 amide bonds. The van der Waals surface area contributed by atoms with E-state index in [1.165, 1.54) is 0 Å². The normalized spacial score (nSPS) is 15.5. The average molecular weight is 361 g/mol. The Hall–Kier alpha value is -2.08. The molecule has 1 heterocycles. The van der Waals surface area contributed by atoms with Crippen LogP contribution in [0.3, 0.4) is 0 Å². The van der Waals surface area contributed by atoms with Crippen molar-refractivity contribution < 1.29 is 9.59 Å². The fraction of sp³-hybridized carbons (Fsp3) is 0.600. The van der Waals surface area contributed by atoms with Crippen LogP contribution in [0.4, 0.5) is 5.69 Å². The zero-order valence-electron chi connectivity index (χ0n) is 16.1. The number of aryl methyl sites for hydroxylation is 1. The lowest BCUT2D eigenvalue weighted by Crippen LogP contribution is -2.42. The molecule has 0 saturated carbocycles. The van der Waals surface area contributed by atoms with Crippen LogP contribution < -0.4 is 5.73 Å². The zero-order valence-corrected chi connectivity index (χ0v) is 16.1. The highest BCUT2D eigenvalue weighted by Crippen LogP contribution is 2.14. The van der Waals surface area contributed by atoms with Gasteiger partial charge in [0.15, 0.2) is 0 Å². The van der Waals surface area contributed by atoms with Crippen molar-refractivity contribution >= 4 is 17.5 Å². The number of nitrogen functional groups attached to an aromatic ring is 1. The van der Waals surface area contributed by atoms with Gasteiger partial charge in [0.05, 0.1) is 6.54 Å². The number of nitrogens with two attached hydrogens (primary N) is 1. The molecular formula is C20H32N4O2. The number of hydrogen-bond donors (Lipinski definition) is 1. The summed E-state index contributed by atoms with van der Waals surface area (Å²) in [6.45, 7) is 9.02. The highest BCUT2D eigenvalue weighted by molar-refractivity contribution is 5.78. The second kappa shape index (κ2) is 10.2. The summed E-state index contributed by atoms with van der Waals surface area (Å²) in [6, 6.07) is 7.71. The van der Waals surface area contributed by atoms with Crippen LogP contribution in [-0.2, 0) is 16.0 Å². The van der Waals surface area contributed by atoms with Crippen LogP contribution in [0.25, 0.3) is 0 Å². The molecule has 1 saturated heterocycles. The number of benzene rings is 1. The van der Waals surface area contributed by atoms with E-state index in [4.69, 9.17) is 5.73 Å². The number of amides is 2. The number of rotatable bonds is 7. The Kier molecular flexibility index (Phi) is 7.91. The smallest absolute Gasteiger partial charge is 0.236 e. The lowest BCUT2D eigenvalue weighted by Gasteiger charge is -2.25. The van der Waals surface area contributed by atoms with Crippen molar-refractivity contribution in [3.8, 4) is 0 Å². The van der Waals surface area contributed by atoms with Crippen LogP contribution in [0.1, 0.15) is 32.3 Å². The number of carbonyl (C=O) groups is 2. The van der Waals surface area contributed by atoms with Gasteiger partial charge in [0.2, 0.25) is 11.8 Å². The molecule has 0 atom stereocenters. The van der Waals surface area contributed by atoms with Crippen LogP contribution in [0.2, 0.25) is 0 Å². The molecule has 6 nitrogen and oxygen atoms in total. The van der Waals surface area contributed by atoms with E-state index in [1.54, 1.807) is 0 Å². The standard InChI is InChI=1S/C20H32N4O2/c1-3-23(4-2)20(26)16-22-12-7-13-24(15-14-22)19(25)11-10-17-8-5-6-9-18(17)21/h5-6,8-9H,3-4,7,10-16,21H2,1-2H3. The molecule has 0 bridgehead atoms. The molecule has 1 aliphatic heterocycles. The predicted octanol–water partition coefficient (Wildman–Crippen LogP) is 1.60. The fourth-order valence-electron chi connectivity index (χ4n) is 3.41. The van der Waals surface area contributed by atoms with Gasteiger partial charge in [-0.2, -0.15) is 0 Å². The van der Waals surface area contributed by atoms with Crippen molar-refractivity contribution in [1.29, 1.82) is 0 Å². The van der Waals surface area contributed by atoms with Crippen molar-refractivity contribution in [2.75, 3.05) is 51.5 Å². The largest absolute Gasteiger partial charge is 0.399 e. The third kappa shape index (κ3) is 5.73. The van der Waals surface area contributed by atoms with E-state index in [0.29, 0.717) is 25.9 Å². The lowest BCUT2D eigenvalue weighted by atomic mass is 10.1. The highest BCUT2D eigenvalue weighted by Gasteiger charge is 2.21. The van der Waals surface area contributed by atoms with Gasteiger partial charge >= 0.3 is 0 Å². The third-order valence-corrected chi connectivity index (χ3v) is 5.08. The van der Waals surface area contributed by atoms with Crippen molar-refractivity contribution in [3.05, 3.63) is 29.8 Å². The molecule has 26 heavy (non-hydrogen) atoms. The van der Waals surface area contributed by atoms with Crippen molar-refractivity contribution in [2.24, 2.45) is 0 Å². The third-order valence-electron chi connectivity index (χ3n) is 5.08. The Balaban J connectivity index is 1.81. The zero-order chi connectivity index (χ0) is 18.9. The Morgan fingerprint density at radius 3 is 2.50 bits per heavy atom. The summed E-state index contributed by atoms with van der Waals surface area (Å²) in [4.78, 5) is 30.8. The first-order valence-corrected chi connectivity index (χ1v) is 9.66. The van der Waals surface area contributed by atoms with E-state index >= 15 is 0 Å². The molecule has 0 spiro atoms. The van der Waals surface area contributed by atoms with Crippen molar-refractivity contribution in [1.82, 2.24) is 14.7 Å². The first kappa shape index (κ1) is 20.2. The van der Waals surface area contributed by atoms with Gasteiger partial charge in [-0.3, -0.25) is 14.5 Å². The van der Waals surface area contributed by atoms with E-state index in [-0.39, 0.29) is 11.8 Å². The predicted molar refractivity (Wildman–Crippen MR) is 105 cm³/mol. The summed E-state index contributed by atoms with van der Waals surface area (Å²) in [5.41, 5.74) is 7.73. The molecule has 0 radical (unpaired) electrons. The van der Waals surface area contributed by atoms with Gasteiger partial charge in [-0.05, 0) is 38.3 Å². The van der Waals surface area contributed by atoms with Crippen LogP contribution >= 0.6 is 0 Å².